The summed E-state index contributed by atoms with van der Waals surface area (Å²) in [6.45, 7) is 9.48. The second-order valence-corrected chi connectivity index (χ2v) is 5.89. The Bertz CT molecular complexity index is 627. The van der Waals surface area contributed by atoms with Gasteiger partial charge in [0.15, 0.2) is 0 Å². The van der Waals surface area contributed by atoms with Crippen LogP contribution in [0.5, 0.6) is 0 Å². The monoisotopic (exact) mass is 305 g/mol. The molecule has 1 atom stereocenters. The molecule has 0 saturated carbocycles. The van der Waals surface area contributed by atoms with Gasteiger partial charge in [-0.15, -0.1) is 5.92 Å². The molecule has 0 heterocycles. The third kappa shape index (κ3) is 5.27. The first-order valence-electron chi connectivity index (χ1n) is 8.54. The van der Waals surface area contributed by atoms with E-state index in [9.17, 15) is 0 Å². The summed E-state index contributed by atoms with van der Waals surface area (Å²) in [6, 6.07) is 19.6. The molecule has 1 heteroatoms. The first kappa shape index (κ1) is 17.3. The average Bonchev–Trinajstić information content (AvgIpc) is 2.60. The van der Waals surface area contributed by atoms with Crippen LogP contribution in [-0.2, 0) is 0 Å². The fraction of sp³-hybridized carbons (Fsp3) is 0.364. The van der Waals surface area contributed by atoms with Crippen molar-refractivity contribution in [2.45, 2.75) is 33.1 Å². The lowest BCUT2D eigenvalue weighted by atomic mass is 9.88. The van der Waals surface area contributed by atoms with Crippen molar-refractivity contribution in [3.63, 3.8) is 0 Å². The van der Waals surface area contributed by atoms with Crippen molar-refractivity contribution in [2.24, 2.45) is 0 Å². The summed E-state index contributed by atoms with van der Waals surface area (Å²) < 4.78 is 0. The lowest BCUT2D eigenvalue weighted by Gasteiger charge is -2.16. The fourth-order valence-corrected chi connectivity index (χ4v) is 2.70. The Labute approximate surface area is 141 Å². The zero-order valence-electron chi connectivity index (χ0n) is 14.5. The largest absolute Gasteiger partial charge is 0.293 e. The quantitative estimate of drug-likeness (QED) is 0.689. The van der Waals surface area contributed by atoms with Gasteiger partial charge in [0.05, 0.1) is 6.54 Å². The van der Waals surface area contributed by atoms with E-state index in [0.29, 0.717) is 5.92 Å². The summed E-state index contributed by atoms with van der Waals surface area (Å²) in [6.07, 6.45) is 0.869. The van der Waals surface area contributed by atoms with Crippen LogP contribution < -0.4 is 0 Å². The maximum absolute atomic E-state index is 3.40. The normalized spacial score (nSPS) is 11.8. The number of hydrogen-bond acceptors (Lipinski definition) is 1. The molecule has 1 nitrogen and oxygen atoms in total. The van der Waals surface area contributed by atoms with Gasteiger partial charge in [0, 0.05) is 12.3 Å². The highest BCUT2D eigenvalue weighted by Gasteiger charge is 2.12. The van der Waals surface area contributed by atoms with Crippen molar-refractivity contribution in [1.29, 1.82) is 0 Å². The van der Waals surface area contributed by atoms with Crippen LogP contribution in [0.1, 0.15) is 42.9 Å². The highest BCUT2D eigenvalue weighted by molar-refractivity contribution is 5.35. The van der Waals surface area contributed by atoms with Crippen LogP contribution in [0.15, 0.2) is 54.6 Å². The lowest BCUT2D eigenvalue weighted by molar-refractivity contribution is 0.342. The van der Waals surface area contributed by atoms with E-state index < -0.39 is 0 Å². The summed E-state index contributed by atoms with van der Waals surface area (Å²) in [5.74, 6) is 7.10. The number of benzene rings is 2. The fourth-order valence-electron chi connectivity index (χ4n) is 2.70. The Kier molecular flexibility index (Phi) is 6.91. The molecule has 1 unspecified atom stereocenters. The Morgan fingerprint density at radius 1 is 0.826 bits per heavy atom. The highest BCUT2D eigenvalue weighted by Crippen LogP contribution is 2.27. The third-order valence-corrected chi connectivity index (χ3v) is 4.31. The molecule has 2 aromatic carbocycles. The SMILES string of the molecule is CCN(CC)CC#CCC(c1ccccc1)c1ccc(C)cc1. The summed E-state index contributed by atoms with van der Waals surface area (Å²) in [5.41, 5.74) is 3.99. The average molecular weight is 305 g/mol. The Morgan fingerprint density at radius 2 is 1.43 bits per heavy atom. The van der Waals surface area contributed by atoms with Gasteiger partial charge in [-0.1, -0.05) is 79.9 Å². The number of aryl methyl sites for hydroxylation is 1. The van der Waals surface area contributed by atoms with Gasteiger partial charge in [0.25, 0.3) is 0 Å². The first-order valence-corrected chi connectivity index (χ1v) is 8.54. The van der Waals surface area contributed by atoms with Crippen LogP contribution in [0.2, 0.25) is 0 Å². The van der Waals surface area contributed by atoms with Gasteiger partial charge in [0.2, 0.25) is 0 Å². The molecule has 120 valence electrons. The van der Waals surface area contributed by atoms with E-state index in [-0.39, 0.29) is 0 Å². The van der Waals surface area contributed by atoms with E-state index in [2.05, 4.69) is 92.1 Å². The molecule has 0 aliphatic heterocycles. The zero-order chi connectivity index (χ0) is 16.5. The van der Waals surface area contributed by atoms with Crippen molar-refractivity contribution in [3.05, 3.63) is 71.3 Å². The molecule has 0 N–H and O–H groups in total. The molecule has 0 aromatic heterocycles. The molecular formula is C22H27N. The van der Waals surface area contributed by atoms with Crippen LogP contribution in [0.3, 0.4) is 0 Å². The van der Waals surface area contributed by atoms with Crippen molar-refractivity contribution >= 4 is 0 Å². The van der Waals surface area contributed by atoms with Crippen LogP contribution in [-0.4, -0.2) is 24.5 Å². The predicted molar refractivity (Wildman–Crippen MR) is 99.6 cm³/mol. The second kappa shape index (κ2) is 9.18. The summed E-state index contributed by atoms with van der Waals surface area (Å²) >= 11 is 0. The molecule has 2 aromatic rings. The highest BCUT2D eigenvalue weighted by atomic mass is 15.1. The molecule has 0 amide bonds. The summed E-state index contributed by atoms with van der Waals surface area (Å²) in [4.78, 5) is 2.34. The smallest absolute Gasteiger partial charge is 0.0601 e. The lowest BCUT2D eigenvalue weighted by Crippen LogP contribution is -2.22. The Morgan fingerprint density at radius 3 is 2.04 bits per heavy atom. The third-order valence-electron chi connectivity index (χ3n) is 4.31. The topological polar surface area (TPSA) is 3.24 Å². The van der Waals surface area contributed by atoms with Gasteiger partial charge < -0.3 is 0 Å². The van der Waals surface area contributed by atoms with Gasteiger partial charge in [-0.3, -0.25) is 4.90 Å². The van der Waals surface area contributed by atoms with Crippen molar-refractivity contribution in [1.82, 2.24) is 4.90 Å². The van der Waals surface area contributed by atoms with Crippen LogP contribution in [0, 0.1) is 18.8 Å². The van der Waals surface area contributed by atoms with E-state index >= 15 is 0 Å². The maximum atomic E-state index is 3.40. The predicted octanol–water partition coefficient (Wildman–Crippen LogP) is 4.86. The second-order valence-electron chi connectivity index (χ2n) is 5.89. The van der Waals surface area contributed by atoms with E-state index in [1.54, 1.807) is 0 Å². The molecule has 0 saturated heterocycles. The van der Waals surface area contributed by atoms with Crippen molar-refractivity contribution < 1.29 is 0 Å². The Hall–Kier alpha value is -2.04. The minimum Gasteiger partial charge on any atom is -0.293 e. The molecule has 0 fully saturated rings. The molecule has 2 rings (SSSR count). The van der Waals surface area contributed by atoms with Crippen molar-refractivity contribution in [2.75, 3.05) is 19.6 Å². The van der Waals surface area contributed by atoms with E-state index in [0.717, 1.165) is 26.1 Å². The maximum Gasteiger partial charge on any atom is 0.0601 e. The van der Waals surface area contributed by atoms with Gasteiger partial charge in [0.1, 0.15) is 0 Å². The zero-order valence-corrected chi connectivity index (χ0v) is 14.5. The molecule has 0 spiro atoms. The number of hydrogen-bond donors (Lipinski definition) is 0. The summed E-state index contributed by atoms with van der Waals surface area (Å²) in [7, 11) is 0. The van der Waals surface area contributed by atoms with E-state index in [4.69, 9.17) is 0 Å². The van der Waals surface area contributed by atoms with Gasteiger partial charge in [-0.05, 0) is 31.1 Å². The van der Waals surface area contributed by atoms with Crippen LogP contribution in [0.25, 0.3) is 0 Å². The molecular weight excluding hydrogens is 278 g/mol. The molecule has 0 aliphatic carbocycles. The molecule has 23 heavy (non-hydrogen) atoms. The minimum absolute atomic E-state index is 0.348. The van der Waals surface area contributed by atoms with Gasteiger partial charge in [-0.25, -0.2) is 0 Å². The van der Waals surface area contributed by atoms with Gasteiger partial charge >= 0.3 is 0 Å². The standard InChI is InChI=1S/C22H27N/c1-4-23(5-2)18-10-9-13-22(20-11-7-6-8-12-20)21-16-14-19(3)15-17-21/h6-8,11-12,14-17,22H,4-5,13,18H2,1-3H3. The number of nitrogens with zero attached hydrogens (tertiary/aromatic N) is 1. The van der Waals surface area contributed by atoms with Crippen LogP contribution >= 0.6 is 0 Å². The van der Waals surface area contributed by atoms with E-state index in [1.807, 2.05) is 0 Å². The first-order chi connectivity index (χ1) is 11.2. The molecule has 0 bridgehead atoms. The van der Waals surface area contributed by atoms with E-state index in [1.165, 1.54) is 16.7 Å². The Balaban J connectivity index is 2.15. The van der Waals surface area contributed by atoms with Crippen molar-refractivity contribution in [3.8, 4) is 11.8 Å². The summed E-state index contributed by atoms with van der Waals surface area (Å²) in [5, 5.41) is 0. The molecule has 0 radical (unpaired) electrons. The van der Waals surface area contributed by atoms with Crippen LogP contribution in [0.4, 0.5) is 0 Å². The minimum atomic E-state index is 0.348. The number of rotatable bonds is 6. The van der Waals surface area contributed by atoms with Gasteiger partial charge in [-0.2, -0.15) is 0 Å². The molecule has 0 aliphatic rings.